The molecule has 0 spiro atoms. The lowest BCUT2D eigenvalue weighted by molar-refractivity contribution is 0.0943. The fourth-order valence-corrected chi connectivity index (χ4v) is 2.98. The van der Waals surface area contributed by atoms with Crippen molar-refractivity contribution in [3.8, 4) is 0 Å². The molecule has 0 aromatic carbocycles. The summed E-state index contributed by atoms with van der Waals surface area (Å²) in [6.07, 6.45) is 7.75. The molecule has 1 aliphatic carbocycles. The largest absolute Gasteiger partial charge is 0.396 e. The first-order chi connectivity index (χ1) is 9.17. The highest BCUT2D eigenvalue weighted by Crippen LogP contribution is 2.36. The second kappa shape index (κ2) is 6.43. The van der Waals surface area contributed by atoms with E-state index < -0.39 is 0 Å². The van der Waals surface area contributed by atoms with E-state index in [0.717, 1.165) is 25.2 Å². The molecule has 6 heteroatoms. The van der Waals surface area contributed by atoms with E-state index in [-0.39, 0.29) is 12.0 Å². The van der Waals surface area contributed by atoms with E-state index in [1.807, 2.05) is 6.26 Å². The Hall–Kier alpha value is -1.01. The highest BCUT2D eigenvalue weighted by molar-refractivity contribution is 7.98. The van der Waals surface area contributed by atoms with Crippen LogP contribution in [-0.4, -0.2) is 34.5 Å². The van der Waals surface area contributed by atoms with Gasteiger partial charge in [-0.25, -0.2) is 9.97 Å². The highest BCUT2D eigenvalue weighted by Gasteiger charge is 2.31. The summed E-state index contributed by atoms with van der Waals surface area (Å²) in [7, 11) is 0. The van der Waals surface area contributed by atoms with Gasteiger partial charge in [0.05, 0.1) is 6.61 Å². The van der Waals surface area contributed by atoms with Gasteiger partial charge in [-0.3, -0.25) is 0 Å². The van der Waals surface area contributed by atoms with Gasteiger partial charge >= 0.3 is 0 Å². The van der Waals surface area contributed by atoms with Crippen LogP contribution in [0.4, 0.5) is 11.6 Å². The van der Waals surface area contributed by atoms with Crippen molar-refractivity contribution >= 4 is 23.4 Å². The van der Waals surface area contributed by atoms with Crippen LogP contribution in [-0.2, 0) is 0 Å². The van der Waals surface area contributed by atoms with Crippen molar-refractivity contribution in [1.82, 2.24) is 9.97 Å². The van der Waals surface area contributed by atoms with Crippen LogP contribution in [0.2, 0.25) is 0 Å². The number of aliphatic hydroxyl groups is 1. The predicted molar refractivity (Wildman–Crippen MR) is 79.3 cm³/mol. The third kappa shape index (κ3) is 3.73. The number of thioether (sulfide) groups is 1. The van der Waals surface area contributed by atoms with Crippen molar-refractivity contribution in [2.45, 2.75) is 37.3 Å². The van der Waals surface area contributed by atoms with Crippen molar-refractivity contribution in [3.05, 3.63) is 6.07 Å². The van der Waals surface area contributed by atoms with Crippen LogP contribution in [0.15, 0.2) is 11.2 Å². The Morgan fingerprint density at radius 3 is 2.74 bits per heavy atom. The number of hydrogen-bond donors (Lipinski definition) is 3. The number of anilines is 2. The van der Waals surface area contributed by atoms with Crippen molar-refractivity contribution in [2.24, 2.45) is 5.41 Å². The molecule has 0 saturated heterocycles. The SMILES string of the molecule is CSc1nc(N)cc(NCC2(CO)CCCCC2)n1. The Labute approximate surface area is 118 Å². The third-order valence-electron chi connectivity index (χ3n) is 3.80. The fraction of sp³-hybridized carbons (Fsp3) is 0.692. The molecule has 1 fully saturated rings. The zero-order chi connectivity index (χ0) is 13.7. The molecule has 0 radical (unpaired) electrons. The molecule has 1 aliphatic rings. The molecule has 0 bridgehead atoms. The van der Waals surface area contributed by atoms with Crippen LogP contribution < -0.4 is 11.1 Å². The highest BCUT2D eigenvalue weighted by atomic mass is 32.2. The number of nitrogens with one attached hydrogen (secondary N) is 1. The maximum Gasteiger partial charge on any atom is 0.191 e. The molecule has 1 heterocycles. The summed E-state index contributed by atoms with van der Waals surface area (Å²) in [6.45, 7) is 0.976. The molecule has 4 N–H and O–H groups in total. The average Bonchev–Trinajstić information content (AvgIpc) is 2.45. The quantitative estimate of drug-likeness (QED) is 0.567. The maximum atomic E-state index is 9.67. The summed E-state index contributed by atoms with van der Waals surface area (Å²) in [5, 5.41) is 13.7. The van der Waals surface area contributed by atoms with E-state index in [0.29, 0.717) is 11.0 Å². The zero-order valence-electron chi connectivity index (χ0n) is 11.4. The Balaban J connectivity index is 2.02. The topological polar surface area (TPSA) is 84.1 Å². The summed E-state index contributed by atoms with van der Waals surface area (Å²) in [6, 6.07) is 1.74. The van der Waals surface area contributed by atoms with Crippen LogP contribution in [0.5, 0.6) is 0 Å². The summed E-state index contributed by atoms with van der Waals surface area (Å²) >= 11 is 1.47. The minimum absolute atomic E-state index is 0.00250. The minimum atomic E-state index is -0.00250. The molecule has 1 aromatic heterocycles. The molecule has 1 saturated carbocycles. The first kappa shape index (κ1) is 14.4. The van der Waals surface area contributed by atoms with Crippen molar-refractivity contribution in [1.29, 1.82) is 0 Å². The van der Waals surface area contributed by atoms with E-state index in [1.54, 1.807) is 6.07 Å². The number of nitrogen functional groups attached to an aromatic ring is 1. The lowest BCUT2D eigenvalue weighted by Gasteiger charge is -2.35. The van der Waals surface area contributed by atoms with E-state index >= 15 is 0 Å². The first-order valence-corrected chi connectivity index (χ1v) is 7.93. The molecule has 0 aliphatic heterocycles. The van der Waals surface area contributed by atoms with E-state index in [4.69, 9.17) is 5.73 Å². The fourth-order valence-electron chi connectivity index (χ4n) is 2.60. The van der Waals surface area contributed by atoms with Gasteiger partial charge in [0.2, 0.25) is 0 Å². The van der Waals surface area contributed by atoms with Gasteiger partial charge in [-0.05, 0) is 19.1 Å². The Morgan fingerprint density at radius 1 is 1.37 bits per heavy atom. The van der Waals surface area contributed by atoms with Crippen molar-refractivity contribution < 1.29 is 5.11 Å². The number of nitrogens with zero attached hydrogens (tertiary/aromatic N) is 2. The maximum absolute atomic E-state index is 9.67. The van der Waals surface area contributed by atoms with E-state index in [9.17, 15) is 5.11 Å². The predicted octanol–water partition coefficient (Wildman–Crippen LogP) is 2.14. The van der Waals surface area contributed by atoms with Crippen molar-refractivity contribution in [2.75, 3.05) is 30.5 Å². The number of hydrogen-bond acceptors (Lipinski definition) is 6. The van der Waals surface area contributed by atoms with Crippen LogP contribution in [0.25, 0.3) is 0 Å². The van der Waals surface area contributed by atoms with Gasteiger partial charge < -0.3 is 16.2 Å². The smallest absolute Gasteiger partial charge is 0.191 e. The Kier molecular flexibility index (Phi) is 4.87. The molecule has 0 unspecified atom stereocenters. The number of aromatic nitrogens is 2. The average molecular weight is 282 g/mol. The number of aliphatic hydroxyl groups excluding tert-OH is 1. The normalized spacial score (nSPS) is 18.2. The van der Waals surface area contributed by atoms with Crippen LogP contribution in [0.1, 0.15) is 32.1 Å². The lowest BCUT2D eigenvalue weighted by atomic mass is 9.74. The summed E-state index contributed by atoms with van der Waals surface area (Å²) < 4.78 is 0. The Bertz CT molecular complexity index is 421. The van der Waals surface area contributed by atoms with Gasteiger partial charge in [0.1, 0.15) is 11.6 Å². The molecule has 5 nitrogen and oxygen atoms in total. The van der Waals surface area contributed by atoms with Gasteiger partial charge in [0, 0.05) is 18.0 Å². The number of rotatable bonds is 5. The van der Waals surface area contributed by atoms with Crippen molar-refractivity contribution in [3.63, 3.8) is 0 Å². The van der Waals surface area contributed by atoms with Crippen LogP contribution in [0, 0.1) is 5.41 Å². The molecule has 2 rings (SSSR count). The molecule has 19 heavy (non-hydrogen) atoms. The molecular weight excluding hydrogens is 260 g/mol. The third-order valence-corrected chi connectivity index (χ3v) is 4.35. The van der Waals surface area contributed by atoms with Gasteiger partial charge in [-0.1, -0.05) is 31.0 Å². The summed E-state index contributed by atoms with van der Waals surface area (Å²) in [4.78, 5) is 8.51. The second-order valence-corrected chi connectivity index (χ2v) is 6.01. The summed E-state index contributed by atoms with van der Waals surface area (Å²) in [5.74, 6) is 1.22. The van der Waals surface area contributed by atoms with Gasteiger partial charge in [-0.2, -0.15) is 0 Å². The standard InChI is InChI=1S/C13H22N4OS/c1-19-12-16-10(14)7-11(17-12)15-8-13(9-18)5-3-2-4-6-13/h7,18H,2-6,8-9H2,1H3,(H3,14,15,16,17). The van der Waals surface area contributed by atoms with Gasteiger partial charge in [0.15, 0.2) is 5.16 Å². The van der Waals surface area contributed by atoms with E-state index in [2.05, 4.69) is 15.3 Å². The zero-order valence-corrected chi connectivity index (χ0v) is 12.2. The van der Waals surface area contributed by atoms with Gasteiger partial charge in [-0.15, -0.1) is 0 Å². The first-order valence-electron chi connectivity index (χ1n) is 6.71. The number of nitrogens with two attached hydrogens (primary N) is 1. The molecule has 0 atom stereocenters. The summed E-state index contributed by atoms with van der Waals surface area (Å²) in [5.41, 5.74) is 5.75. The minimum Gasteiger partial charge on any atom is -0.396 e. The van der Waals surface area contributed by atoms with Crippen LogP contribution >= 0.6 is 11.8 Å². The lowest BCUT2D eigenvalue weighted by Crippen LogP contribution is -2.35. The molecular formula is C13H22N4OS. The van der Waals surface area contributed by atoms with Crippen LogP contribution in [0.3, 0.4) is 0 Å². The monoisotopic (exact) mass is 282 g/mol. The molecule has 0 amide bonds. The molecule has 106 valence electrons. The van der Waals surface area contributed by atoms with Gasteiger partial charge in [0.25, 0.3) is 0 Å². The Morgan fingerprint density at radius 2 is 2.11 bits per heavy atom. The molecule has 1 aromatic rings. The van der Waals surface area contributed by atoms with E-state index in [1.165, 1.54) is 31.0 Å². The second-order valence-electron chi connectivity index (χ2n) is 5.24.